The van der Waals surface area contributed by atoms with E-state index < -0.39 is 54.6 Å². The molecule has 45 heavy (non-hydrogen) atoms. The third kappa shape index (κ3) is 12.1. The highest BCUT2D eigenvalue weighted by Gasteiger charge is 2.47. The molecule has 26 heteroatoms. The van der Waals surface area contributed by atoms with Crippen LogP contribution >= 0.6 is 46.1 Å². The normalized spacial score (nSPS) is 22.9. The van der Waals surface area contributed by atoms with Crippen molar-refractivity contribution in [2.45, 2.75) is 50.2 Å². The monoisotopic (exact) mass is 817 g/mol. The summed E-state index contributed by atoms with van der Waals surface area (Å²) >= 11 is 1.54. The van der Waals surface area contributed by atoms with E-state index >= 15 is 0 Å². The average molecular weight is 817 g/mol. The number of hydrogen-bond donors (Lipinski definition) is 9. The van der Waals surface area contributed by atoms with E-state index in [1.54, 1.807) is 22.6 Å². The zero-order valence-corrected chi connectivity index (χ0v) is 27.8. The molecule has 3 heterocycles. The van der Waals surface area contributed by atoms with Gasteiger partial charge >= 0.3 is 23.5 Å². The number of imidazole rings is 1. The highest BCUT2D eigenvalue weighted by atomic mass is 127. The van der Waals surface area contributed by atoms with Crippen molar-refractivity contribution in [3.8, 4) is 0 Å². The van der Waals surface area contributed by atoms with Crippen LogP contribution in [0.3, 0.4) is 0 Å². The van der Waals surface area contributed by atoms with E-state index in [2.05, 4.69) is 44.0 Å². The lowest BCUT2D eigenvalue weighted by molar-refractivity contribution is -0.120. The number of unbranched alkanes of at least 4 members (excludes halogenated alkanes) is 3. The third-order valence-electron chi connectivity index (χ3n) is 5.89. The molecule has 0 spiro atoms. The quantitative estimate of drug-likeness (QED) is 0.0315. The van der Waals surface area contributed by atoms with Gasteiger partial charge in [0, 0.05) is 35.7 Å². The number of phosphoric ester groups is 1. The number of hydrogen-bond acceptors (Lipinski definition) is 15. The number of halogens is 1. The fraction of sp³-hybridized carbons (Fsp3) is 0.632. The van der Waals surface area contributed by atoms with Crippen molar-refractivity contribution < 1.29 is 71.0 Å². The molecule has 0 bridgehead atoms. The van der Waals surface area contributed by atoms with Crippen LogP contribution in [0.15, 0.2) is 12.7 Å². The number of carbonyl (C=O) groups excluding carboxylic acids is 2. The minimum Gasteiger partial charge on any atom is -0.387 e. The molecule has 22 nitrogen and oxygen atoms in total. The van der Waals surface area contributed by atoms with Crippen molar-refractivity contribution in [2.75, 3.05) is 31.6 Å². The zero-order valence-electron chi connectivity index (χ0n) is 23.0. The second-order valence-electron chi connectivity index (χ2n) is 9.30. The molecule has 1 saturated heterocycles. The van der Waals surface area contributed by atoms with Crippen LogP contribution in [0.5, 0.6) is 0 Å². The maximum absolute atomic E-state index is 12.0. The summed E-state index contributed by atoms with van der Waals surface area (Å²) in [6, 6.07) is 0. The summed E-state index contributed by atoms with van der Waals surface area (Å²) in [5.74, 6) is 0.109. The summed E-state index contributed by atoms with van der Waals surface area (Å²) in [4.78, 5) is 71.1. The molecule has 2 unspecified atom stereocenters. The molecule has 0 aliphatic carbocycles. The number of carbonyl (C=O) groups is 2. The second kappa shape index (κ2) is 16.4. The maximum Gasteiger partial charge on any atom is 0.490 e. The van der Waals surface area contributed by atoms with E-state index in [0.717, 1.165) is 25.7 Å². The van der Waals surface area contributed by atoms with Crippen molar-refractivity contribution >= 4 is 72.9 Å². The van der Waals surface area contributed by atoms with Gasteiger partial charge in [-0.15, -0.1) is 0 Å². The summed E-state index contributed by atoms with van der Waals surface area (Å²) < 4.78 is 52.5. The minimum atomic E-state index is -5.74. The second-order valence-corrected chi connectivity index (χ2v) is 14.7. The molecular formula is C19H31IN7O15P3. The fourth-order valence-corrected chi connectivity index (χ4v) is 7.21. The van der Waals surface area contributed by atoms with Gasteiger partial charge in [0.25, 0.3) is 3.91 Å². The highest BCUT2D eigenvalue weighted by Crippen LogP contribution is 2.66. The minimum absolute atomic E-state index is 0.0724. The molecule has 9 N–H and O–H groups in total. The summed E-state index contributed by atoms with van der Waals surface area (Å²) in [5.41, 5.74) is 0.507. The number of phosphoric acid groups is 3. The number of ether oxygens (including phenoxy) is 1. The molecule has 1 fully saturated rings. The van der Waals surface area contributed by atoms with Crippen molar-refractivity contribution in [1.82, 2.24) is 30.2 Å². The van der Waals surface area contributed by atoms with Crippen LogP contribution in [-0.2, 0) is 36.4 Å². The van der Waals surface area contributed by atoms with Crippen LogP contribution < -0.4 is 16.0 Å². The summed E-state index contributed by atoms with van der Waals surface area (Å²) in [5, 5.41) is 29.2. The third-order valence-corrected chi connectivity index (χ3v) is 10.1. The molecule has 6 atom stereocenters. The van der Waals surface area contributed by atoms with Gasteiger partial charge in [0.05, 0.1) is 19.5 Å². The molecule has 1 aliphatic rings. The molecule has 0 aromatic carbocycles. The van der Waals surface area contributed by atoms with Crippen LogP contribution in [-0.4, -0.2) is 104 Å². The Morgan fingerprint density at radius 1 is 0.933 bits per heavy atom. The summed E-state index contributed by atoms with van der Waals surface area (Å²) in [6.45, 7) is -0.0414. The number of nitrogens with zero attached hydrogens (tertiary/aromatic N) is 4. The molecule has 2 aromatic heterocycles. The van der Waals surface area contributed by atoms with Gasteiger partial charge in [0.1, 0.15) is 24.6 Å². The molecule has 3 rings (SSSR count). The Hall–Kier alpha value is -1.69. The van der Waals surface area contributed by atoms with Crippen molar-refractivity contribution in [3.05, 3.63) is 12.7 Å². The van der Waals surface area contributed by atoms with Gasteiger partial charge < -0.3 is 50.5 Å². The predicted octanol–water partition coefficient (Wildman–Crippen LogP) is 0.0219. The van der Waals surface area contributed by atoms with Gasteiger partial charge in [0.15, 0.2) is 23.2 Å². The van der Waals surface area contributed by atoms with E-state index in [1.807, 2.05) is 0 Å². The molecule has 0 radical (unpaired) electrons. The Labute approximate surface area is 267 Å². The highest BCUT2D eigenvalue weighted by molar-refractivity contribution is 14.1. The Bertz CT molecular complexity index is 1480. The van der Waals surface area contributed by atoms with Crippen LogP contribution in [0.25, 0.3) is 11.2 Å². The number of fused-ring (bicyclic) bond motifs is 1. The standard InChI is InChI=1S/C19H31IN7O15P3/c20-19(31)23-7-12(28)21-5-3-1-2-4-6-22-16-13-17(25-9-24-16)27(10-26-13)18-15(30)14(29)11(40-18)8-39-44(35,36)42-45(37,38)41-43(32,33)34/h9-11,14-15,18,29-30H,1-8H2,(H,21,28)(H,23,31)(H,35,36)(H,37,38)(H,22,24,25)(H2,32,33,34)/t11-,14-,15-,18-/m1/s1. The van der Waals surface area contributed by atoms with Gasteiger partial charge in [-0.3, -0.25) is 18.7 Å². The number of aromatic nitrogens is 4. The molecule has 2 aromatic rings. The maximum atomic E-state index is 12.0. The van der Waals surface area contributed by atoms with Crippen LogP contribution in [0.4, 0.5) is 10.6 Å². The number of anilines is 1. The summed E-state index contributed by atoms with van der Waals surface area (Å²) in [7, 11) is -16.8. The molecule has 0 saturated carbocycles. The zero-order chi connectivity index (χ0) is 33.4. The number of aliphatic hydroxyl groups is 2. The largest absolute Gasteiger partial charge is 0.490 e. The van der Waals surface area contributed by atoms with Crippen molar-refractivity contribution in [1.29, 1.82) is 0 Å². The van der Waals surface area contributed by atoms with Gasteiger partial charge in [-0.05, 0) is 12.8 Å². The van der Waals surface area contributed by atoms with E-state index in [9.17, 15) is 43.3 Å². The van der Waals surface area contributed by atoms with E-state index in [0.29, 0.717) is 24.4 Å². The van der Waals surface area contributed by atoms with E-state index in [4.69, 9.17) is 14.5 Å². The number of amides is 2. The van der Waals surface area contributed by atoms with E-state index in [1.165, 1.54) is 17.2 Å². The average Bonchev–Trinajstić information content (AvgIpc) is 3.46. The lowest BCUT2D eigenvalue weighted by atomic mass is 10.1. The Morgan fingerprint density at radius 3 is 2.29 bits per heavy atom. The van der Waals surface area contributed by atoms with Crippen molar-refractivity contribution in [2.24, 2.45) is 0 Å². The van der Waals surface area contributed by atoms with Crippen LogP contribution in [0.2, 0.25) is 0 Å². The summed E-state index contributed by atoms with van der Waals surface area (Å²) in [6.07, 6.45) is -0.441. The van der Waals surface area contributed by atoms with Gasteiger partial charge in [0.2, 0.25) is 5.91 Å². The Kier molecular flexibility index (Phi) is 13.8. The first-order valence-corrected chi connectivity index (χ1v) is 18.5. The lowest BCUT2D eigenvalue weighted by Crippen LogP contribution is -2.35. The smallest absolute Gasteiger partial charge is 0.387 e. The number of rotatable bonds is 18. The first-order chi connectivity index (χ1) is 21.0. The van der Waals surface area contributed by atoms with Crippen molar-refractivity contribution in [3.63, 3.8) is 0 Å². The van der Waals surface area contributed by atoms with Gasteiger partial charge in [-0.2, -0.15) is 8.62 Å². The SMILES string of the molecule is O=C(I)NCC(=O)NCCCCCCNc1ncnc2c1ncn2[C@@H]1O[C@H](COP(=O)(O)OP(=O)(O)OP(=O)(O)O)[C@@H](O)[C@H]1O. The lowest BCUT2D eigenvalue weighted by Gasteiger charge is -2.19. The fourth-order valence-electron chi connectivity index (χ4n) is 3.99. The van der Waals surface area contributed by atoms with Crippen LogP contribution in [0, 0.1) is 0 Å². The topological polar surface area (TPSA) is 323 Å². The molecule has 2 amide bonds. The van der Waals surface area contributed by atoms with Gasteiger partial charge in [-0.25, -0.2) is 28.6 Å². The predicted molar refractivity (Wildman–Crippen MR) is 158 cm³/mol. The number of nitrogens with one attached hydrogen (secondary N) is 3. The van der Waals surface area contributed by atoms with Crippen LogP contribution in [0.1, 0.15) is 31.9 Å². The molecule has 254 valence electrons. The Morgan fingerprint density at radius 2 is 1.62 bits per heavy atom. The first kappa shape index (κ1) is 37.8. The van der Waals surface area contributed by atoms with Gasteiger partial charge in [-0.1, -0.05) is 12.8 Å². The van der Waals surface area contributed by atoms with E-state index in [-0.39, 0.29) is 22.0 Å². The molecular weight excluding hydrogens is 786 g/mol. The Balaban J connectivity index is 1.50. The number of aliphatic hydroxyl groups excluding tert-OH is 2. The first-order valence-electron chi connectivity index (χ1n) is 12.9. The molecule has 1 aliphatic heterocycles.